The number of hydrogen-bond acceptors (Lipinski definition) is 3. The molecule has 0 N–H and O–H groups in total. The Hall–Kier alpha value is -1.49. The molecule has 2 aromatic rings. The van der Waals surface area contributed by atoms with Crippen molar-refractivity contribution in [2.24, 2.45) is 7.05 Å². The van der Waals surface area contributed by atoms with Crippen molar-refractivity contribution in [2.45, 2.75) is 6.42 Å². The Morgan fingerprint density at radius 1 is 1.44 bits per heavy atom. The van der Waals surface area contributed by atoms with Gasteiger partial charge >= 0.3 is 0 Å². The van der Waals surface area contributed by atoms with E-state index in [2.05, 4.69) is 25.9 Å². The molecule has 0 saturated carbocycles. The lowest BCUT2D eigenvalue weighted by Crippen LogP contribution is -2.09. The van der Waals surface area contributed by atoms with Gasteiger partial charge < -0.3 is 4.57 Å². The maximum absolute atomic E-state index is 11.8. The van der Waals surface area contributed by atoms with E-state index in [1.807, 2.05) is 17.8 Å². The van der Waals surface area contributed by atoms with Gasteiger partial charge in [0, 0.05) is 30.1 Å². The highest BCUT2D eigenvalue weighted by atomic mass is 79.9. The summed E-state index contributed by atoms with van der Waals surface area (Å²) in [5, 5.41) is 0. The highest BCUT2D eigenvalue weighted by Gasteiger charge is 2.10. The number of aromatic nitrogens is 3. The summed E-state index contributed by atoms with van der Waals surface area (Å²) in [6.07, 6.45) is 5.39. The minimum atomic E-state index is -0.0261. The van der Waals surface area contributed by atoms with Crippen LogP contribution >= 0.6 is 15.9 Å². The molecule has 0 unspecified atom stereocenters. The van der Waals surface area contributed by atoms with Gasteiger partial charge in [-0.2, -0.15) is 0 Å². The third-order valence-electron chi connectivity index (χ3n) is 2.25. The molecule has 0 saturated heterocycles. The number of imidazole rings is 1. The van der Waals surface area contributed by atoms with Crippen LogP contribution in [0.2, 0.25) is 0 Å². The van der Waals surface area contributed by atoms with E-state index in [0.29, 0.717) is 5.69 Å². The first-order chi connectivity index (χ1) is 7.66. The fourth-order valence-corrected chi connectivity index (χ4v) is 1.58. The van der Waals surface area contributed by atoms with Gasteiger partial charge in [-0.1, -0.05) is 0 Å². The van der Waals surface area contributed by atoms with E-state index in [9.17, 15) is 4.79 Å². The third kappa shape index (κ3) is 2.36. The number of ketones is 1. The molecule has 16 heavy (non-hydrogen) atoms. The van der Waals surface area contributed by atoms with Crippen LogP contribution in [0.15, 0.2) is 35.2 Å². The zero-order valence-corrected chi connectivity index (χ0v) is 10.3. The summed E-state index contributed by atoms with van der Waals surface area (Å²) in [5.74, 6) is 0.719. The Morgan fingerprint density at radius 2 is 2.25 bits per heavy atom. The molecule has 2 heterocycles. The maximum Gasteiger partial charge on any atom is 0.188 e. The second-order valence-electron chi connectivity index (χ2n) is 3.42. The standard InChI is InChI=1S/C11H10BrN3O/c1-15-5-4-13-11(15)6-10(16)9-3-2-8(12)7-14-9/h2-5,7H,6H2,1H3. The van der Waals surface area contributed by atoms with E-state index >= 15 is 0 Å². The fourth-order valence-electron chi connectivity index (χ4n) is 1.34. The van der Waals surface area contributed by atoms with Crippen LogP contribution in [0.3, 0.4) is 0 Å². The second kappa shape index (κ2) is 4.57. The molecule has 0 aliphatic carbocycles. The Bertz CT molecular complexity index is 504. The molecule has 5 heteroatoms. The van der Waals surface area contributed by atoms with Crippen LogP contribution in [-0.4, -0.2) is 20.3 Å². The summed E-state index contributed by atoms with van der Waals surface area (Å²) < 4.78 is 2.69. The number of rotatable bonds is 3. The monoisotopic (exact) mass is 279 g/mol. The van der Waals surface area contributed by atoms with Gasteiger partial charge in [0.15, 0.2) is 5.78 Å². The molecule has 0 bridgehead atoms. The minimum absolute atomic E-state index is 0.0261. The van der Waals surface area contributed by atoms with Crippen LogP contribution in [0.5, 0.6) is 0 Å². The summed E-state index contributed by atoms with van der Waals surface area (Å²) in [5.41, 5.74) is 0.464. The third-order valence-corrected chi connectivity index (χ3v) is 2.72. The molecule has 0 spiro atoms. The number of aryl methyl sites for hydroxylation is 1. The lowest BCUT2D eigenvalue weighted by Gasteiger charge is -2.01. The number of halogens is 1. The van der Waals surface area contributed by atoms with Crippen molar-refractivity contribution in [3.8, 4) is 0 Å². The zero-order chi connectivity index (χ0) is 11.5. The summed E-state index contributed by atoms with van der Waals surface area (Å²) in [6.45, 7) is 0. The van der Waals surface area contributed by atoms with E-state index in [0.717, 1.165) is 10.3 Å². The summed E-state index contributed by atoms with van der Waals surface area (Å²) in [7, 11) is 1.87. The molecule has 2 aromatic heterocycles. The quantitative estimate of drug-likeness (QED) is 0.808. The summed E-state index contributed by atoms with van der Waals surface area (Å²) in [6, 6.07) is 3.51. The number of hydrogen-bond donors (Lipinski definition) is 0. The van der Waals surface area contributed by atoms with Crippen molar-refractivity contribution in [3.05, 3.63) is 46.7 Å². The first kappa shape index (κ1) is 11.0. The maximum atomic E-state index is 11.8. The molecule has 0 fully saturated rings. The van der Waals surface area contributed by atoms with Crippen molar-refractivity contribution in [2.75, 3.05) is 0 Å². The van der Waals surface area contributed by atoms with Crippen molar-refractivity contribution in [1.29, 1.82) is 0 Å². The van der Waals surface area contributed by atoms with E-state index in [1.54, 1.807) is 24.5 Å². The van der Waals surface area contributed by atoms with Gasteiger partial charge in [-0.3, -0.25) is 9.78 Å². The van der Waals surface area contributed by atoms with Crippen molar-refractivity contribution < 1.29 is 4.79 Å². The molecule has 0 aliphatic heterocycles. The molecular weight excluding hydrogens is 270 g/mol. The number of pyridine rings is 1. The van der Waals surface area contributed by atoms with Crippen LogP contribution < -0.4 is 0 Å². The predicted molar refractivity (Wildman–Crippen MR) is 63.2 cm³/mol. The fraction of sp³-hybridized carbons (Fsp3) is 0.182. The lowest BCUT2D eigenvalue weighted by molar-refractivity contribution is 0.0985. The number of nitrogens with zero attached hydrogens (tertiary/aromatic N) is 3. The molecule has 0 aromatic carbocycles. The summed E-state index contributed by atoms with van der Waals surface area (Å²) in [4.78, 5) is 20.0. The smallest absolute Gasteiger partial charge is 0.188 e. The van der Waals surface area contributed by atoms with Gasteiger partial charge in [0.2, 0.25) is 0 Å². The van der Waals surface area contributed by atoms with E-state index in [1.165, 1.54) is 0 Å². The molecule has 0 aliphatic rings. The summed E-state index contributed by atoms with van der Waals surface area (Å²) >= 11 is 3.28. The van der Waals surface area contributed by atoms with Crippen molar-refractivity contribution in [1.82, 2.24) is 14.5 Å². The van der Waals surface area contributed by atoms with Crippen LogP contribution in [0.25, 0.3) is 0 Å². The SMILES string of the molecule is Cn1ccnc1CC(=O)c1ccc(Br)cn1. The van der Waals surface area contributed by atoms with Crippen LogP contribution in [0.4, 0.5) is 0 Å². The van der Waals surface area contributed by atoms with E-state index in [-0.39, 0.29) is 12.2 Å². The van der Waals surface area contributed by atoms with Gasteiger partial charge in [0.1, 0.15) is 11.5 Å². The number of carbonyl (C=O) groups excluding carboxylic acids is 1. The molecule has 82 valence electrons. The Balaban J connectivity index is 2.15. The van der Waals surface area contributed by atoms with Gasteiger partial charge in [-0.15, -0.1) is 0 Å². The van der Waals surface area contributed by atoms with Gasteiger partial charge in [-0.05, 0) is 28.1 Å². The zero-order valence-electron chi connectivity index (χ0n) is 8.72. The molecule has 2 rings (SSSR count). The van der Waals surface area contributed by atoms with Crippen LogP contribution in [0, 0.1) is 0 Å². The predicted octanol–water partition coefficient (Wildman–Crippen LogP) is 2.00. The number of Topliss-reactive ketones (excluding diaryl/α,β-unsaturated/α-hetero) is 1. The van der Waals surface area contributed by atoms with Crippen molar-refractivity contribution in [3.63, 3.8) is 0 Å². The van der Waals surface area contributed by atoms with E-state index < -0.39 is 0 Å². The normalized spacial score (nSPS) is 10.4. The van der Waals surface area contributed by atoms with Crippen molar-refractivity contribution >= 4 is 21.7 Å². The molecular formula is C11H10BrN3O. The average Bonchev–Trinajstić information content (AvgIpc) is 2.65. The van der Waals surface area contributed by atoms with Gasteiger partial charge in [-0.25, -0.2) is 4.98 Å². The average molecular weight is 280 g/mol. The first-order valence-corrected chi connectivity index (χ1v) is 5.57. The molecule has 0 atom stereocenters. The molecule has 0 radical (unpaired) electrons. The van der Waals surface area contributed by atoms with Gasteiger partial charge in [0.25, 0.3) is 0 Å². The second-order valence-corrected chi connectivity index (χ2v) is 4.33. The Morgan fingerprint density at radius 3 is 2.81 bits per heavy atom. The van der Waals surface area contributed by atoms with Crippen LogP contribution in [-0.2, 0) is 13.5 Å². The largest absolute Gasteiger partial charge is 0.338 e. The highest BCUT2D eigenvalue weighted by Crippen LogP contribution is 2.09. The van der Waals surface area contributed by atoms with E-state index in [4.69, 9.17) is 0 Å². The Kier molecular flexibility index (Phi) is 3.14. The molecule has 0 amide bonds. The Labute approximate surface area is 101 Å². The topological polar surface area (TPSA) is 47.8 Å². The van der Waals surface area contributed by atoms with Gasteiger partial charge in [0.05, 0.1) is 6.42 Å². The first-order valence-electron chi connectivity index (χ1n) is 4.78. The van der Waals surface area contributed by atoms with Crippen LogP contribution in [0.1, 0.15) is 16.3 Å². The number of carbonyl (C=O) groups is 1. The lowest BCUT2D eigenvalue weighted by atomic mass is 10.2. The minimum Gasteiger partial charge on any atom is -0.338 e. The highest BCUT2D eigenvalue weighted by molar-refractivity contribution is 9.10. The molecule has 4 nitrogen and oxygen atoms in total.